The van der Waals surface area contributed by atoms with Gasteiger partial charge in [0.25, 0.3) is 0 Å². The number of ketones is 1. The van der Waals surface area contributed by atoms with E-state index in [0.717, 1.165) is 0 Å². The molecule has 0 aliphatic heterocycles. The summed E-state index contributed by atoms with van der Waals surface area (Å²) in [5.74, 6) is 2.03. The van der Waals surface area contributed by atoms with Crippen molar-refractivity contribution in [3.8, 4) is 0 Å². The summed E-state index contributed by atoms with van der Waals surface area (Å²) in [4.78, 5) is 10.7. The zero-order chi connectivity index (χ0) is 5.72. The number of carbonyl (C=O) groups excluding carboxylic acids is 1. The van der Waals surface area contributed by atoms with E-state index >= 15 is 0 Å². The van der Waals surface area contributed by atoms with Crippen LogP contribution in [-0.2, 0) is 4.79 Å². The van der Waals surface area contributed by atoms with Crippen LogP contribution < -0.4 is 0 Å². The summed E-state index contributed by atoms with van der Waals surface area (Å²) in [6.45, 7) is 2.14. The number of hydrogen-bond acceptors (Lipinski definition) is 1. The lowest BCUT2D eigenvalue weighted by Crippen LogP contribution is -1.92. The van der Waals surface area contributed by atoms with Crippen LogP contribution in [0.25, 0.3) is 0 Å². The first kappa shape index (κ1) is 4.30. The average Bonchev–Trinajstić information content (AvgIpc) is 2.13. The van der Waals surface area contributed by atoms with Crippen molar-refractivity contribution >= 4 is 5.78 Å². The van der Waals surface area contributed by atoms with Gasteiger partial charge >= 0.3 is 0 Å². The van der Waals surface area contributed by atoms with Gasteiger partial charge in [-0.2, -0.15) is 0 Å². The predicted octanol–water partition coefficient (Wildman–Crippen LogP) is 1.01. The summed E-state index contributed by atoms with van der Waals surface area (Å²) in [6, 6.07) is 0. The monoisotopic (exact) mass is 108 g/mol. The summed E-state index contributed by atoms with van der Waals surface area (Å²) in [6.07, 6.45) is 3.76. The molecule has 0 radical (unpaired) electrons. The van der Waals surface area contributed by atoms with Crippen LogP contribution in [0.2, 0.25) is 0 Å². The molecule has 1 heteroatoms. The smallest absolute Gasteiger partial charge is 0.159 e. The van der Waals surface area contributed by atoms with Gasteiger partial charge in [0, 0.05) is 5.92 Å². The first-order valence-electron chi connectivity index (χ1n) is 3.03. The maximum Gasteiger partial charge on any atom is 0.159 e. The summed E-state index contributed by atoms with van der Waals surface area (Å²) >= 11 is 0. The van der Waals surface area contributed by atoms with Crippen LogP contribution in [-0.4, -0.2) is 5.78 Å². The molecule has 0 saturated heterocycles. The van der Waals surface area contributed by atoms with Crippen molar-refractivity contribution < 1.29 is 4.79 Å². The van der Waals surface area contributed by atoms with Crippen molar-refractivity contribution in [3.63, 3.8) is 0 Å². The minimum atomic E-state index is 0.350. The maximum absolute atomic E-state index is 10.7. The highest BCUT2D eigenvalue weighted by atomic mass is 16.1. The molecular formula is C7H8O. The molecule has 0 bridgehead atoms. The Labute approximate surface area is 48.4 Å². The molecule has 8 heavy (non-hydrogen) atoms. The fraction of sp³-hybridized carbons (Fsp3) is 0.571. The predicted molar refractivity (Wildman–Crippen MR) is 30.3 cm³/mol. The molecule has 0 aromatic heterocycles. The standard InChI is InChI=1S/C7H8O/c1-4-5-2-3-6(8)7(4)5/h2-5,7H,1H3/t4-,5-,7+/m0/s1. The minimum Gasteiger partial charge on any atom is -0.295 e. The normalized spacial score (nSPS) is 49.6. The zero-order valence-corrected chi connectivity index (χ0v) is 4.79. The van der Waals surface area contributed by atoms with Crippen LogP contribution in [0.15, 0.2) is 12.2 Å². The topological polar surface area (TPSA) is 17.1 Å². The Bertz CT molecular complexity index is 169. The van der Waals surface area contributed by atoms with E-state index in [-0.39, 0.29) is 0 Å². The van der Waals surface area contributed by atoms with Crippen LogP contribution in [0, 0.1) is 17.8 Å². The van der Waals surface area contributed by atoms with Gasteiger partial charge in [-0.1, -0.05) is 13.0 Å². The summed E-state index contributed by atoms with van der Waals surface area (Å²) in [5, 5.41) is 0. The van der Waals surface area contributed by atoms with Gasteiger partial charge in [0.05, 0.1) is 0 Å². The Morgan fingerprint density at radius 3 is 2.62 bits per heavy atom. The molecule has 0 aromatic carbocycles. The molecule has 0 aromatic rings. The highest BCUT2D eigenvalue weighted by molar-refractivity contribution is 5.97. The number of fused-ring (bicyclic) bond motifs is 1. The molecule has 2 aliphatic rings. The number of hydrogen-bond donors (Lipinski definition) is 0. The van der Waals surface area contributed by atoms with Crippen LogP contribution in [0.3, 0.4) is 0 Å². The van der Waals surface area contributed by atoms with E-state index in [2.05, 4.69) is 6.92 Å². The molecular weight excluding hydrogens is 100 g/mol. The largest absolute Gasteiger partial charge is 0.295 e. The van der Waals surface area contributed by atoms with E-state index in [4.69, 9.17) is 0 Å². The van der Waals surface area contributed by atoms with E-state index in [1.54, 1.807) is 6.08 Å². The van der Waals surface area contributed by atoms with Crippen molar-refractivity contribution in [2.75, 3.05) is 0 Å². The SMILES string of the molecule is C[C@H]1[C@@H]2C=CC(=O)[C@H]12. The average molecular weight is 108 g/mol. The van der Waals surface area contributed by atoms with Crippen LogP contribution in [0.4, 0.5) is 0 Å². The van der Waals surface area contributed by atoms with E-state index in [1.807, 2.05) is 6.08 Å². The Morgan fingerprint density at radius 2 is 2.38 bits per heavy atom. The Morgan fingerprint density at radius 1 is 1.62 bits per heavy atom. The summed E-state index contributed by atoms with van der Waals surface area (Å²) in [7, 11) is 0. The minimum absolute atomic E-state index is 0.350. The van der Waals surface area contributed by atoms with Gasteiger partial charge < -0.3 is 0 Å². The van der Waals surface area contributed by atoms with Crippen molar-refractivity contribution in [3.05, 3.63) is 12.2 Å². The molecule has 0 spiro atoms. The van der Waals surface area contributed by atoms with Gasteiger partial charge in [-0.15, -0.1) is 0 Å². The molecule has 0 amide bonds. The van der Waals surface area contributed by atoms with Crippen LogP contribution in [0.1, 0.15) is 6.92 Å². The lowest BCUT2D eigenvalue weighted by molar-refractivity contribution is -0.115. The molecule has 0 heterocycles. The van der Waals surface area contributed by atoms with Gasteiger partial charge in [0.15, 0.2) is 5.78 Å². The van der Waals surface area contributed by atoms with Crippen molar-refractivity contribution in [2.45, 2.75) is 6.92 Å². The third-order valence-electron chi connectivity index (χ3n) is 2.26. The lowest BCUT2D eigenvalue weighted by atomic mass is 10.2. The fourth-order valence-electron chi connectivity index (χ4n) is 1.55. The van der Waals surface area contributed by atoms with E-state index in [1.165, 1.54) is 0 Å². The molecule has 2 rings (SSSR count). The molecule has 1 saturated carbocycles. The summed E-state index contributed by atoms with van der Waals surface area (Å²) < 4.78 is 0. The van der Waals surface area contributed by atoms with Crippen molar-refractivity contribution in [2.24, 2.45) is 17.8 Å². The third-order valence-corrected chi connectivity index (χ3v) is 2.26. The van der Waals surface area contributed by atoms with Gasteiger partial charge in [-0.3, -0.25) is 4.79 Å². The first-order valence-corrected chi connectivity index (χ1v) is 3.03. The van der Waals surface area contributed by atoms with E-state index < -0.39 is 0 Å². The second-order valence-corrected chi connectivity index (χ2v) is 2.72. The maximum atomic E-state index is 10.7. The lowest BCUT2D eigenvalue weighted by Gasteiger charge is -1.82. The fourth-order valence-corrected chi connectivity index (χ4v) is 1.55. The molecule has 42 valence electrons. The Hall–Kier alpha value is -0.590. The van der Waals surface area contributed by atoms with Crippen molar-refractivity contribution in [1.29, 1.82) is 0 Å². The molecule has 1 nitrogen and oxygen atoms in total. The highest BCUT2D eigenvalue weighted by Gasteiger charge is 2.51. The third kappa shape index (κ3) is 0.310. The number of allylic oxidation sites excluding steroid dienone is 2. The van der Waals surface area contributed by atoms with Gasteiger partial charge in [-0.25, -0.2) is 0 Å². The van der Waals surface area contributed by atoms with Crippen LogP contribution in [0.5, 0.6) is 0 Å². The molecule has 0 N–H and O–H groups in total. The van der Waals surface area contributed by atoms with E-state index in [0.29, 0.717) is 23.5 Å². The van der Waals surface area contributed by atoms with Crippen LogP contribution >= 0.6 is 0 Å². The number of rotatable bonds is 0. The Balaban J connectivity index is 2.29. The van der Waals surface area contributed by atoms with E-state index in [9.17, 15) is 4.79 Å². The first-order chi connectivity index (χ1) is 3.80. The van der Waals surface area contributed by atoms with Gasteiger partial charge in [0.1, 0.15) is 0 Å². The molecule has 3 atom stereocenters. The van der Waals surface area contributed by atoms with Crippen molar-refractivity contribution in [1.82, 2.24) is 0 Å². The quantitative estimate of drug-likeness (QED) is 0.452. The van der Waals surface area contributed by atoms with Gasteiger partial charge in [-0.05, 0) is 17.9 Å². The molecule has 2 aliphatic carbocycles. The second kappa shape index (κ2) is 1.04. The molecule has 1 fully saturated rings. The van der Waals surface area contributed by atoms with Gasteiger partial charge in [0.2, 0.25) is 0 Å². The zero-order valence-electron chi connectivity index (χ0n) is 4.79. The highest BCUT2D eigenvalue weighted by Crippen LogP contribution is 2.51. The molecule has 0 unspecified atom stereocenters. The Kier molecular flexibility index (Phi) is 0.561. The number of carbonyl (C=O) groups is 1. The second-order valence-electron chi connectivity index (χ2n) is 2.72. The summed E-state index contributed by atoms with van der Waals surface area (Å²) in [5.41, 5.74) is 0.